The maximum Gasteiger partial charge on any atom is 0.407 e. The standard InChI is InChI=1S/C11H14ClN3O3/c12-8-4-2-1-3-7(8)6-18-11(17)15-5-9(13)10(14)16/h1-4,9H,5-6,13H2,(H2,14,16)(H,15,17)/t9-/m0/s1. The molecule has 18 heavy (non-hydrogen) atoms. The van der Waals surface area contributed by atoms with Crippen LogP contribution in [-0.2, 0) is 16.1 Å². The number of ether oxygens (including phenoxy) is 1. The van der Waals surface area contributed by atoms with Crippen molar-refractivity contribution in [3.63, 3.8) is 0 Å². The molecule has 0 aliphatic rings. The minimum Gasteiger partial charge on any atom is -0.445 e. The Balaban J connectivity index is 2.34. The summed E-state index contributed by atoms with van der Waals surface area (Å²) in [5.41, 5.74) is 11.0. The van der Waals surface area contributed by atoms with Gasteiger partial charge in [0.25, 0.3) is 0 Å². The molecule has 0 saturated carbocycles. The van der Waals surface area contributed by atoms with Crippen LogP contribution in [-0.4, -0.2) is 24.6 Å². The van der Waals surface area contributed by atoms with Gasteiger partial charge in [0.05, 0.1) is 0 Å². The first-order valence-electron chi connectivity index (χ1n) is 5.19. The Morgan fingerprint density at radius 2 is 2.06 bits per heavy atom. The van der Waals surface area contributed by atoms with E-state index in [0.29, 0.717) is 10.6 Å². The zero-order valence-electron chi connectivity index (χ0n) is 9.56. The molecule has 5 N–H and O–H groups in total. The van der Waals surface area contributed by atoms with Crippen LogP contribution in [0.15, 0.2) is 24.3 Å². The number of hydrogen-bond acceptors (Lipinski definition) is 4. The average Bonchev–Trinajstić information content (AvgIpc) is 2.34. The highest BCUT2D eigenvalue weighted by Crippen LogP contribution is 2.15. The van der Waals surface area contributed by atoms with Gasteiger partial charge in [-0.2, -0.15) is 0 Å². The minimum atomic E-state index is -0.933. The van der Waals surface area contributed by atoms with E-state index in [9.17, 15) is 9.59 Å². The number of carbonyl (C=O) groups excluding carboxylic acids is 2. The number of nitrogens with two attached hydrogens (primary N) is 2. The molecule has 2 amide bonds. The van der Waals surface area contributed by atoms with Crippen molar-refractivity contribution in [2.45, 2.75) is 12.6 Å². The highest BCUT2D eigenvalue weighted by Gasteiger charge is 2.11. The van der Waals surface area contributed by atoms with E-state index < -0.39 is 18.0 Å². The predicted octanol–water partition coefficient (Wildman–Crippen LogP) is 0.379. The predicted molar refractivity (Wildman–Crippen MR) is 66.8 cm³/mol. The highest BCUT2D eigenvalue weighted by molar-refractivity contribution is 6.31. The first-order valence-corrected chi connectivity index (χ1v) is 5.57. The number of hydrogen-bond donors (Lipinski definition) is 3. The van der Waals surface area contributed by atoms with Gasteiger partial charge < -0.3 is 21.5 Å². The average molecular weight is 272 g/mol. The number of carbonyl (C=O) groups is 2. The van der Waals surface area contributed by atoms with Gasteiger partial charge in [-0.3, -0.25) is 4.79 Å². The van der Waals surface area contributed by atoms with E-state index in [0.717, 1.165) is 0 Å². The lowest BCUT2D eigenvalue weighted by molar-refractivity contribution is -0.119. The van der Waals surface area contributed by atoms with Crippen molar-refractivity contribution in [3.05, 3.63) is 34.9 Å². The lowest BCUT2D eigenvalue weighted by Gasteiger charge is -2.10. The van der Waals surface area contributed by atoms with Crippen LogP contribution >= 0.6 is 11.6 Å². The monoisotopic (exact) mass is 271 g/mol. The molecule has 0 unspecified atom stereocenters. The van der Waals surface area contributed by atoms with Crippen molar-refractivity contribution < 1.29 is 14.3 Å². The van der Waals surface area contributed by atoms with Crippen molar-refractivity contribution in [1.29, 1.82) is 0 Å². The molecule has 7 heteroatoms. The first kappa shape index (κ1) is 14.3. The van der Waals surface area contributed by atoms with Gasteiger partial charge in [0.2, 0.25) is 5.91 Å². The largest absolute Gasteiger partial charge is 0.445 e. The van der Waals surface area contributed by atoms with Crippen LogP contribution in [0.5, 0.6) is 0 Å². The second-order valence-corrected chi connectivity index (χ2v) is 3.96. The van der Waals surface area contributed by atoms with Gasteiger partial charge in [0, 0.05) is 17.1 Å². The van der Waals surface area contributed by atoms with Crippen molar-refractivity contribution in [2.75, 3.05) is 6.54 Å². The minimum absolute atomic E-state index is 0.0390. The summed E-state index contributed by atoms with van der Waals surface area (Å²) in [6, 6.07) is 6.06. The molecule has 0 saturated heterocycles. The Kier molecular flexibility index (Phi) is 5.41. The summed E-state index contributed by atoms with van der Waals surface area (Å²) in [7, 11) is 0. The summed E-state index contributed by atoms with van der Waals surface area (Å²) in [6.45, 7) is -0.0337. The van der Waals surface area contributed by atoms with Crippen LogP contribution in [0.2, 0.25) is 5.02 Å². The van der Waals surface area contributed by atoms with Gasteiger partial charge in [-0.15, -0.1) is 0 Å². The molecule has 1 aromatic rings. The third kappa shape index (κ3) is 4.60. The summed E-state index contributed by atoms with van der Waals surface area (Å²) in [5.74, 6) is -0.693. The Bertz CT molecular complexity index is 439. The molecule has 0 aliphatic heterocycles. The smallest absolute Gasteiger partial charge is 0.407 e. The molecule has 0 heterocycles. The van der Waals surface area contributed by atoms with Gasteiger partial charge in [-0.1, -0.05) is 29.8 Å². The highest BCUT2D eigenvalue weighted by atomic mass is 35.5. The van der Waals surface area contributed by atoms with Crippen molar-refractivity contribution in [3.8, 4) is 0 Å². The Morgan fingerprint density at radius 1 is 1.39 bits per heavy atom. The van der Waals surface area contributed by atoms with E-state index in [4.69, 9.17) is 27.8 Å². The first-order chi connectivity index (χ1) is 8.50. The van der Waals surface area contributed by atoms with Gasteiger partial charge >= 0.3 is 6.09 Å². The van der Waals surface area contributed by atoms with Crippen molar-refractivity contribution >= 4 is 23.6 Å². The van der Waals surface area contributed by atoms with E-state index in [1.54, 1.807) is 24.3 Å². The van der Waals surface area contributed by atoms with Gasteiger partial charge in [-0.25, -0.2) is 4.79 Å². The Morgan fingerprint density at radius 3 is 2.67 bits per heavy atom. The number of nitrogens with one attached hydrogen (secondary N) is 1. The lowest BCUT2D eigenvalue weighted by atomic mass is 10.2. The summed E-state index contributed by atoms with van der Waals surface area (Å²) >= 11 is 5.88. The van der Waals surface area contributed by atoms with E-state index in [1.807, 2.05) is 0 Å². The van der Waals surface area contributed by atoms with Gasteiger partial charge in [0.1, 0.15) is 12.6 Å². The number of alkyl carbamates (subject to hydrolysis) is 1. The van der Waals surface area contributed by atoms with Crippen LogP contribution in [0.1, 0.15) is 5.56 Å². The van der Waals surface area contributed by atoms with Gasteiger partial charge in [0.15, 0.2) is 0 Å². The summed E-state index contributed by atoms with van der Waals surface area (Å²) < 4.78 is 4.90. The molecule has 1 aromatic carbocycles. The number of rotatable bonds is 5. The van der Waals surface area contributed by atoms with Crippen molar-refractivity contribution in [2.24, 2.45) is 11.5 Å². The van der Waals surface area contributed by atoms with E-state index >= 15 is 0 Å². The molecule has 6 nitrogen and oxygen atoms in total. The maximum absolute atomic E-state index is 11.3. The molecule has 0 fully saturated rings. The topological polar surface area (TPSA) is 107 Å². The molecule has 1 rings (SSSR count). The Hall–Kier alpha value is -1.79. The number of primary amides is 1. The maximum atomic E-state index is 11.3. The normalized spacial score (nSPS) is 11.7. The third-order valence-electron chi connectivity index (χ3n) is 2.15. The molecule has 0 radical (unpaired) electrons. The third-order valence-corrected chi connectivity index (χ3v) is 2.52. The molecule has 0 bridgehead atoms. The number of halogens is 1. The van der Waals surface area contributed by atoms with E-state index in [-0.39, 0.29) is 13.2 Å². The van der Waals surface area contributed by atoms with Crippen LogP contribution in [0.4, 0.5) is 4.79 Å². The molecular weight excluding hydrogens is 258 g/mol. The summed E-state index contributed by atoms with van der Waals surface area (Å²) in [4.78, 5) is 21.9. The SMILES string of the molecule is NC(=O)[C@@H](N)CNC(=O)OCc1ccccc1Cl. The quantitative estimate of drug-likeness (QED) is 0.719. The molecular formula is C11H14ClN3O3. The fraction of sp³-hybridized carbons (Fsp3) is 0.273. The molecule has 0 aromatic heterocycles. The summed E-state index contributed by atoms with van der Waals surface area (Å²) in [5, 5.41) is 2.84. The number of amides is 2. The van der Waals surface area contributed by atoms with Crippen LogP contribution in [0.3, 0.4) is 0 Å². The molecule has 0 spiro atoms. The van der Waals surface area contributed by atoms with E-state index in [2.05, 4.69) is 5.32 Å². The van der Waals surface area contributed by atoms with Gasteiger partial charge in [-0.05, 0) is 6.07 Å². The molecule has 98 valence electrons. The lowest BCUT2D eigenvalue weighted by Crippen LogP contribution is -2.45. The van der Waals surface area contributed by atoms with Crippen molar-refractivity contribution in [1.82, 2.24) is 5.32 Å². The van der Waals surface area contributed by atoms with Crippen LogP contribution < -0.4 is 16.8 Å². The zero-order valence-corrected chi connectivity index (χ0v) is 10.3. The van der Waals surface area contributed by atoms with E-state index in [1.165, 1.54) is 0 Å². The summed E-state index contributed by atoms with van der Waals surface area (Å²) in [6.07, 6.45) is -0.688. The fourth-order valence-corrected chi connectivity index (χ4v) is 1.29. The number of benzene rings is 1. The van der Waals surface area contributed by atoms with Crippen LogP contribution in [0, 0.1) is 0 Å². The Labute approximate surface area is 109 Å². The second-order valence-electron chi connectivity index (χ2n) is 3.56. The second kappa shape index (κ2) is 6.83. The zero-order chi connectivity index (χ0) is 13.5. The van der Waals surface area contributed by atoms with Crippen LogP contribution in [0.25, 0.3) is 0 Å². The molecule has 1 atom stereocenters. The molecule has 0 aliphatic carbocycles. The fourth-order valence-electron chi connectivity index (χ4n) is 1.10.